The molecule has 1 unspecified atom stereocenters. The van der Waals surface area contributed by atoms with E-state index in [2.05, 4.69) is 0 Å². The maximum atomic E-state index is 13.2. The quantitative estimate of drug-likeness (QED) is 0.704. The molecule has 1 atom stereocenters. The number of hydrogen-bond donors (Lipinski definition) is 0. The maximum absolute atomic E-state index is 13.2. The van der Waals surface area contributed by atoms with Crippen LogP contribution in [0.4, 0.5) is 4.39 Å². The van der Waals surface area contributed by atoms with Crippen LogP contribution < -0.4 is 0 Å². The summed E-state index contributed by atoms with van der Waals surface area (Å²) in [5.74, 6) is -0.220. The number of nitrogens with zero attached hydrogens (tertiary/aromatic N) is 1. The molecule has 0 radical (unpaired) electrons. The van der Waals surface area contributed by atoms with E-state index in [9.17, 15) is 9.18 Å². The van der Waals surface area contributed by atoms with Crippen molar-refractivity contribution >= 4 is 5.91 Å². The summed E-state index contributed by atoms with van der Waals surface area (Å²) in [4.78, 5) is 13.1. The molecule has 0 aromatic carbocycles. The molecule has 0 saturated heterocycles. The van der Waals surface area contributed by atoms with Gasteiger partial charge in [-0.2, -0.15) is 0 Å². The van der Waals surface area contributed by atoms with Gasteiger partial charge in [-0.3, -0.25) is 4.79 Å². The predicted molar refractivity (Wildman–Crippen MR) is 56.2 cm³/mol. The zero-order valence-corrected chi connectivity index (χ0v) is 9.29. The Kier molecular flexibility index (Phi) is 4.03. The molecule has 0 aromatic heterocycles. The van der Waals surface area contributed by atoms with E-state index in [1.165, 1.54) is 11.8 Å². The van der Waals surface area contributed by atoms with Gasteiger partial charge in [-0.05, 0) is 12.5 Å². The zero-order chi connectivity index (χ0) is 11.4. The van der Waals surface area contributed by atoms with Crippen molar-refractivity contribution in [2.75, 3.05) is 27.3 Å². The first kappa shape index (κ1) is 11.9. The molecule has 1 heterocycles. The first-order valence-corrected chi connectivity index (χ1v) is 4.86. The summed E-state index contributed by atoms with van der Waals surface area (Å²) in [6.45, 7) is 2.33. The van der Waals surface area contributed by atoms with E-state index < -0.39 is 6.17 Å². The second-order valence-corrected chi connectivity index (χ2v) is 3.57. The SMILES string of the molecule is COC/C=C\C1=C(C(C)F)C(=O)N(C)C1. The number of alkyl halides is 1. The van der Waals surface area contributed by atoms with Crippen molar-refractivity contribution in [3.63, 3.8) is 0 Å². The number of methoxy groups -OCH3 is 1. The molecule has 0 fully saturated rings. The number of likely N-dealkylation sites (N-methyl/N-ethyl adjacent to an activating group) is 1. The average molecular weight is 213 g/mol. The molecular formula is C11H16FNO2. The Morgan fingerprint density at radius 2 is 2.33 bits per heavy atom. The smallest absolute Gasteiger partial charge is 0.253 e. The fourth-order valence-corrected chi connectivity index (χ4v) is 1.61. The molecule has 4 heteroatoms. The summed E-state index contributed by atoms with van der Waals surface area (Å²) >= 11 is 0. The minimum Gasteiger partial charge on any atom is -0.381 e. The van der Waals surface area contributed by atoms with Gasteiger partial charge in [-0.1, -0.05) is 12.2 Å². The summed E-state index contributed by atoms with van der Waals surface area (Å²) in [6, 6.07) is 0. The number of ether oxygens (including phenoxy) is 1. The molecule has 0 aliphatic carbocycles. The van der Waals surface area contributed by atoms with E-state index in [0.29, 0.717) is 13.2 Å². The van der Waals surface area contributed by atoms with Gasteiger partial charge in [0.25, 0.3) is 5.91 Å². The van der Waals surface area contributed by atoms with Crippen LogP contribution in [0, 0.1) is 0 Å². The number of rotatable bonds is 4. The van der Waals surface area contributed by atoms with Crippen LogP contribution in [0.2, 0.25) is 0 Å². The largest absolute Gasteiger partial charge is 0.381 e. The van der Waals surface area contributed by atoms with Gasteiger partial charge in [0, 0.05) is 20.7 Å². The van der Waals surface area contributed by atoms with Crippen molar-refractivity contribution in [3.8, 4) is 0 Å². The van der Waals surface area contributed by atoms with Crippen LogP contribution in [0.25, 0.3) is 0 Å². The predicted octanol–water partition coefficient (Wildman–Crippen LogP) is 1.32. The minimum absolute atomic E-state index is 0.220. The highest BCUT2D eigenvalue weighted by atomic mass is 19.1. The van der Waals surface area contributed by atoms with Gasteiger partial charge in [-0.25, -0.2) is 4.39 Å². The lowest BCUT2D eigenvalue weighted by Gasteiger charge is -2.08. The van der Waals surface area contributed by atoms with E-state index >= 15 is 0 Å². The third-order valence-corrected chi connectivity index (χ3v) is 2.31. The molecule has 1 aliphatic rings. The molecule has 0 aromatic rings. The molecule has 1 amide bonds. The second-order valence-electron chi connectivity index (χ2n) is 3.57. The van der Waals surface area contributed by atoms with E-state index in [0.717, 1.165) is 5.57 Å². The lowest BCUT2D eigenvalue weighted by molar-refractivity contribution is -0.124. The Morgan fingerprint density at radius 3 is 2.87 bits per heavy atom. The minimum atomic E-state index is -1.22. The van der Waals surface area contributed by atoms with Gasteiger partial charge in [0.05, 0.1) is 12.2 Å². The summed E-state index contributed by atoms with van der Waals surface area (Å²) < 4.78 is 18.1. The Labute approximate surface area is 89.2 Å². The summed E-state index contributed by atoms with van der Waals surface area (Å²) in [5, 5.41) is 0. The third kappa shape index (κ3) is 2.65. The highest BCUT2D eigenvalue weighted by Gasteiger charge is 2.29. The van der Waals surface area contributed by atoms with Crippen molar-refractivity contribution in [3.05, 3.63) is 23.3 Å². The third-order valence-electron chi connectivity index (χ3n) is 2.31. The van der Waals surface area contributed by atoms with E-state index in [1.54, 1.807) is 26.3 Å². The standard InChI is InChI=1S/C11H16FNO2/c1-8(12)10-9(5-4-6-15-3)7-13(2)11(10)14/h4-5,8H,6-7H2,1-3H3/b5-4-. The van der Waals surface area contributed by atoms with Crippen molar-refractivity contribution in [1.29, 1.82) is 0 Å². The van der Waals surface area contributed by atoms with Crippen LogP contribution >= 0.6 is 0 Å². The molecule has 0 N–H and O–H groups in total. The van der Waals surface area contributed by atoms with Crippen molar-refractivity contribution < 1.29 is 13.9 Å². The molecule has 15 heavy (non-hydrogen) atoms. The number of carbonyl (C=O) groups excluding carboxylic acids is 1. The number of hydrogen-bond acceptors (Lipinski definition) is 2. The first-order chi connectivity index (χ1) is 7.07. The highest BCUT2D eigenvalue weighted by Crippen LogP contribution is 2.23. The Hall–Kier alpha value is -1.16. The molecule has 0 saturated carbocycles. The normalized spacial score (nSPS) is 19.5. The molecule has 0 spiro atoms. The van der Waals surface area contributed by atoms with Gasteiger partial charge in [-0.15, -0.1) is 0 Å². The van der Waals surface area contributed by atoms with Gasteiger partial charge >= 0.3 is 0 Å². The fraction of sp³-hybridized carbons (Fsp3) is 0.545. The van der Waals surface area contributed by atoms with Crippen LogP contribution in [0.5, 0.6) is 0 Å². The van der Waals surface area contributed by atoms with E-state index in [-0.39, 0.29) is 11.5 Å². The molecule has 1 rings (SSSR count). The Bertz CT molecular complexity index is 308. The van der Waals surface area contributed by atoms with Gasteiger partial charge in [0.2, 0.25) is 0 Å². The second kappa shape index (κ2) is 5.07. The fourth-order valence-electron chi connectivity index (χ4n) is 1.61. The summed E-state index contributed by atoms with van der Waals surface area (Å²) in [7, 11) is 3.26. The zero-order valence-electron chi connectivity index (χ0n) is 9.29. The van der Waals surface area contributed by atoms with Crippen LogP contribution in [-0.4, -0.2) is 44.3 Å². The lowest BCUT2D eigenvalue weighted by atomic mass is 10.1. The van der Waals surface area contributed by atoms with E-state index in [1.807, 2.05) is 0 Å². The first-order valence-electron chi connectivity index (χ1n) is 4.86. The van der Waals surface area contributed by atoms with Crippen LogP contribution in [0.1, 0.15) is 6.92 Å². The number of halogens is 1. The topological polar surface area (TPSA) is 29.5 Å². The molecule has 0 bridgehead atoms. The Balaban J connectivity index is 2.86. The van der Waals surface area contributed by atoms with Crippen LogP contribution in [-0.2, 0) is 9.53 Å². The van der Waals surface area contributed by atoms with Gasteiger partial charge in [0.1, 0.15) is 6.17 Å². The summed E-state index contributed by atoms with van der Waals surface area (Å²) in [6.07, 6.45) is 2.32. The van der Waals surface area contributed by atoms with Crippen LogP contribution in [0.15, 0.2) is 23.3 Å². The van der Waals surface area contributed by atoms with Gasteiger partial charge in [0.15, 0.2) is 0 Å². The van der Waals surface area contributed by atoms with Crippen molar-refractivity contribution in [1.82, 2.24) is 4.90 Å². The molecular weight excluding hydrogens is 197 g/mol. The molecule has 84 valence electrons. The number of amides is 1. The molecule has 3 nitrogen and oxygen atoms in total. The monoisotopic (exact) mass is 213 g/mol. The molecule has 1 aliphatic heterocycles. The number of carbonyl (C=O) groups is 1. The Morgan fingerprint density at radius 1 is 1.67 bits per heavy atom. The summed E-state index contributed by atoms with van der Waals surface area (Å²) in [5.41, 5.74) is 1.01. The highest BCUT2D eigenvalue weighted by molar-refractivity contribution is 5.98. The lowest BCUT2D eigenvalue weighted by Crippen LogP contribution is -2.23. The van der Waals surface area contributed by atoms with Crippen molar-refractivity contribution in [2.45, 2.75) is 13.1 Å². The van der Waals surface area contributed by atoms with Crippen molar-refractivity contribution in [2.24, 2.45) is 0 Å². The van der Waals surface area contributed by atoms with E-state index in [4.69, 9.17) is 4.74 Å². The van der Waals surface area contributed by atoms with Crippen LogP contribution in [0.3, 0.4) is 0 Å². The maximum Gasteiger partial charge on any atom is 0.253 e. The van der Waals surface area contributed by atoms with Gasteiger partial charge < -0.3 is 9.64 Å². The average Bonchev–Trinajstić information content (AvgIpc) is 2.43.